The molecule has 0 N–H and O–H groups in total. The zero-order valence-electron chi connectivity index (χ0n) is 15.4. The molecule has 1 aromatic carbocycles. The smallest absolute Gasteiger partial charge is 0.243 e. The Hall–Kier alpha value is -1.11. The van der Waals surface area contributed by atoms with Crippen LogP contribution in [0.4, 0.5) is 0 Å². The second-order valence-electron chi connectivity index (χ2n) is 7.40. The van der Waals surface area contributed by atoms with Gasteiger partial charge in [0.1, 0.15) is 5.75 Å². The van der Waals surface area contributed by atoms with Crippen LogP contribution in [0.2, 0.25) is 0 Å². The summed E-state index contributed by atoms with van der Waals surface area (Å²) < 4.78 is 33.0. The zero-order valence-corrected chi connectivity index (χ0v) is 16.2. The summed E-state index contributed by atoms with van der Waals surface area (Å²) in [4.78, 5) is 2.83. The molecular weight excluding hydrogens is 336 g/mol. The molecule has 1 atom stereocenters. The van der Waals surface area contributed by atoms with Crippen molar-refractivity contribution >= 4 is 10.0 Å². The van der Waals surface area contributed by atoms with E-state index in [0.29, 0.717) is 17.2 Å². The Kier molecular flexibility index (Phi) is 6.02. The summed E-state index contributed by atoms with van der Waals surface area (Å²) in [6.07, 6.45) is 5.36. The van der Waals surface area contributed by atoms with E-state index in [4.69, 9.17) is 4.74 Å². The van der Waals surface area contributed by atoms with Gasteiger partial charge in [-0.05, 0) is 69.8 Å². The third-order valence-corrected chi connectivity index (χ3v) is 7.57. The van der Waals surface area contributed by atoms with Crippen molar-refractivity contribution < 1.29 is 13.2 Å². The fourth-order valence-corrected chi connectivity index (χ4v) is 5.69. The van der Waals surface area contributed by atoms with Gasteiger partial charge in [0.2, 0.25) is 10.0 Å². The SMILES string of the molecule is COc1cccc(S(=O)(=O)N2CCC[C@@H]2CCN2CCC(C)CC2)c1. The van der Waals surface area contributed by atoms with Gasteiger partial charge in [-0.15, -0.1) is 0 Å². The standard InChI is InChI=1S/C19H30N2O3S/c1-16-8-12-20(13-9-16)14-10-17-5-4-11-21(17)25(22,23)19-7-3-6-18(15-19)24-2/h3,6-7,15-17H,4-5,8-14H2,1-2H3/t17-/m1/s1. The average Bonchev–Trinajstić information content (AvgIpc) is 3.11. The first-order valence-electron chi connectivity index (χ1n) is 9.39. The number of likely N-dealkylation sites (tertiary alicyclic amines) is 1. The van der Waals surface area contributed by atoms with Crippen LogP contribution in [0.1, 0.15) is 39.0 Å². The highest BCUT2D eigenvalue weighted by Crippen LogP contribution is 2.29. The highest BCUT2D eigenvalue weighted by atomic mass is 32.2. The normalized spacial score (nSPS) is 23.8. The largest absolute Gasteiger partial charge is 0.497 e. The number of ether oxygens (including phenoxy) is 1. The number of hydrogen-bond donors (Lipinski definition) is 0. The molecule has 0 radical (unpaired) electrons. The molecule has 2 aliphatic rings. The van der Waals surface area contributed by atoms with Gasteiger partial charge in [0.25, 0.3) is 0 Å². The molecule has 0 amide bonds. The first-order chi connectivity index (χ1) is 12.0. The van der Waals surface area contributed by atoms with Crippen molar-refractivity contribution in [3.8, 4) is 5.75 Å². The third-order valence-electron chi connectivity index (χ3n) is 5.63. The summed E-state index contributed by atoms with van der Waals surface area (Å²) in [5.41, 5.74) is 0. The summed E-state index contributed by atoms with van der Waals surface area (Å²) in [5, 5.41) is 0. The molecule has 25 heavy (non-hydrogen) atoms. The van der Waals surface area contributed by atoms with Gasteiger partial charge in [-0.25, -0.2) is 8.42 Å². The van der Waals surface area contributed by atoms with Crippen LogP contribution in [0.5, 0.6) is 5.75 Å². The molecule has 2 heterocycles. The second-order valence-corrected chi connectivity index (χ2v) is 9.29. The van der Waals surface area contributed by atoms with Crippen LogP contribution in [0.25, 0.3) is 0 Å². The molecule has 0 aromatic heterocycles. The number of benzene rings is 1. The van der Waals surface area contributed by atoms with Gasteiger partial charge in [0.15, 0.2) is 0 Å². The quantitative estimate of drug-likeness (QED) is 0.777. The van der Waals surface area contributed by atoms with Crippen LogP contribution < -0.4 is 4.74 Å². The second kappa shape index (κ2) is 8.06. The Morgan fingerprint density at radius 2 is 1.92 bits per heavy atom. The van der Waals surface area contributed by atoms with Gasteiger partial charge in [-0.3, -0.25) is 0 Å². The third kappa shape index (κ3) is 4.36. The van der Waals surface area contributed by atoms with E-state index < -0.39 is 10.0 Å². The Morgan fingerprint density at radius 3 is 2.64 bits per heavy atom. The van der Waals surface area contributed by atoms with E-state index in [9.17, 15) is 8.42 Å². The molecule has 0 aliphatic carbocycles. The summed E-state index contributed by atoms with van der Waals surface area (Å²) in [7, 11) is -1.89. The number of methoxy groups -OCH3 is 1. The molecule has 5 nitrogen and oxygen atoms in total. The van der Waals surface area contributed by atoms with E-state index in [1.807, 2.05) is 0 Å². The Bertz CT molecular complexity index is 669. The van der Waals surface area contributed by atoms with Crippen molar-refractivity contribution in [2.45, 2.75) is 50.0 Å². The van der Waals surface area contributed by atoms with Crippen LogP contribution in [-0.4, -0.2) is 57.0 Å². The van der Waals surface area contributed by atoms with E-state index in [1.54, 1.807) is 35.7 Å². The predicted molar refractivity (Wildman–Crippen MR) is 99.4 cm³/mol. The summed E-state index contributed by atoms with van der Waals surface area (Å²) in [5.74, 6) is 1.41. The highest BCUT2D eigenvalue weighted by molar-refractivity contribution is 7.89. The predicted octanol–water partition coefficient (Wildman–Crippen LogP) is 2.97. The number of rotatable bonds is 6. The van der Waals surface area contributed by atoms with Crippen molar-refractivity contribution in [3.05, 3.63) is 24.3 Å². The van der Waals surface area contributed by atoms with Crippen LogP contribution in [-0.2, 0) is 10.0 Å². The van der Waals surface area contributed by atoms with Crippen LogP contribution in [0, 0.1) is 5.92 Å². The van der Waals surface area contributed by atoms with E-state index in [2.05, 4.69) is 11.8 Å². The molecule has 0 unspecified atom stereocenters. The molecule has 140 valence electrons. The maximum Gasteiger partial charge on any atom is 0.243 e. The van der Waals surface area contributed by atoms with E-state index >= 15 is 0 Å². The Morgan fingerprint density at radius 1 is 1.16 bits per heavy atom. The number of nitrogens with zero attached hydrogens (tertiary/aromatic N) is 2. The van der Waals surface area contributed by atoms with Crippen molar-refractivity contribution in [3.63, 3.8) is 0 Å². The fourth-order valence-electron chi connectivity index (χ4n) is 3.93. The fraction of sp³-hybridized carbons (Fsp3) is 0.684. The Balaban J connectivity index is 1.65. The average molecular weight is 367 g/mol. The van der Waals surface area contributed by atoms with Crippen LogP contribution >= 0.6 is 0 Å². The lowest BCUT2D eigenvalue weighted by Crippen LogP contribution is -2.40. The number of piperidine rings is 1. The molecule has 1 aromatic rings. The minimum absolute atomic E-state index is 0.121. The van der Waals surface area contributed by atoms with Crippen molar-refractivity contribution in [1.29, 1.82) is 0 Å². The Labute approximate surface area is 152 Å². The minimum Gasteiger partial charge on any atom is -0.497 e. The molecular formula is C19H30N2O3S. The minimum atomic E-state index is -3.45. The first-order valence-corrected chi connectivity index (χ1v) is 10.8. The summed E-state index contributed by atoms with van der Waals surface area (Å²) in [6.45, 7) is 6.24. The van der Waals surface area contributed by atoms with Gasteiger partial charge in [0, 0.05) is 18.7 Å². The van der Waals surface area contributed by atoms with Crippen LogP contribution in [0.3, 0.4) is 0 Å². The van der Waals surface area contributed by atoms with Crippen molar-refractivity contribution in [1.82, 2.24) is 9.21 Å². The molecule has 2 fully saturated rings. The van der Waals surface area contributed by atoms with Gasteiger partial charge >= 0.3 is 0 Å². The lowest BCUT2D eigenvalue weighted by Gasteiger charge is -2.32. The lowest BCUT2D eigenvalue weighted by atomic mass is 9.99. The summed E-state index contributed by atoms with van der Waals surface area (Å²) in [6, 6.07) is 6.93. The maximum absolute atomic E-state index is 13.1. The van der Waals surface area contributed by atoms with Gasteiger partial charge in [0.05, 0.1) is 12.0 Å². The summed E-state index contributed by atoms with van der Waals surface area (Å²) >= 11 is 0. The van der Waals surface area contributed by atoms with E-state index in [0.717, 1.165) is 44.8 Å². The molecule has 3 rings (SSSR count). The topological polar surface area (TPSA) is 49.9 Å². The van der Waals surface area contributed by atoms with Gasteiger partial charge in [-0.1, -0.05) is 13.0 Å². The van der Waals surface area contributed by atoms with Crippen molar-refractivity contribution in [2.24, 2.45) is 5.92 Å². The molecule has 0 saturated carbocycles. The molecule has 2 aliphatic heterocycles. The van der Waals surface area contributed by atoms with Crippen LogP contribution in [0.15, 0.2) is 29.2 Å². The maximum atomic E-state index is 13.1. The number of sulfonamides is 1. The van der Waals surface area contributed by atoms with Gasteiger partial charge < -0.3 is 9.64 Å². The lowest BCUT2D eigenvalue weighted by molar-refractivity contribution is 0.179. The number of hydrogen-bond acceptors (Lipinski definition) is 4. The molecule has 2 saturated heterocycles. The van der Waals surface area contributed by atoms with Crippen molar-refractivity contribution in [2.75, 3.05) is 33.3 Å². The highest BCUT2D eigenvalue weighted by Gasteiger charge is 2.35. The molecule has 0 bridgehead atoms. The molecule has 0 spiro atoms. The van der Waals surface area contributed by atoms with Gasteiger partial charge in [-0.2, -0.15) is 4.31 Å². The van der Waals surface area contributed by atoms with E-state index in [1.165, 1.54) is 12.8 Å². The molecule has 6 heteroatoms. The van der Waals surface area contributed by atoms with E-state index in [-0.39, 0.29) is 6.04 Å². The zero-order chi connectivity index (χ0) is 17.9. The monoisotopic (exact) mass is 366 g/mol. The first kappa shape index (κ1) is 18.7.